The third kappa shape index (κ3) is 10.9. The fourth-order valence-corrected chi connectivity index (χ4v) is 15.2. The first-order valence-electron chi connectivity index (χ1n) is 33.8. The highest BCUT2D eigenvalue weighted by Gasteiger charge is 2.38. The van der Waals surface area contributed by atoms with Crippen LogP contribution in [0.1, 0.15) is 49.9 Å². The van der Waals surface area contributed by atoms with Gasteiger partial charge >= 0.3 is 0 Å². The Bertz CT molecular complexity index is 5260. The van der Waals surface area contributed by atoms with Crippen molar-refractivity contribution >= 4 is 21.5 Å². The minimum atomic E-state index is -0.0969. The molecule has 0 amide bonds. The second kappa shape index (κ2) is 24.5. The number of nitrogens with zero attached hydrogens (tertiary/aromatic N) is 4. The van der Waals surface area contributed by atoms with Gasteiger partial charge in [0.15, 0.2) is 11.6 Å². The van der Waals surface area contributed by atoms with Crippen molar-refractivity contribution in [2.75, 3.05) is 0 Å². The summed E-state index contributed by atoms with van der Waals surface area (Å²) >= 11 is 0. The molecule has 4 nitrogen and oxygen atoms in total. The van der Waals surface area contributed by atoms with Crippen LogP contribution in [0.5, 0.6) is 0 Å². The maximum absolute atomic E-state index is 5.07. The molecular formula is C94H68N4. The van der Waals surface area contributed by atoms with E-state index in [9.17, 15) is 0 Å². The number of fused-ring (bicyclic) bond motifs is 10. The quantitative estimate of drug-likeness (QED) is 0.137. The van der Waals surface area contributed by atoms with Crippen molar-refractivity contribution in [3.63, 3.8) is 0 Å². The van der Waals surface area contributed by atoms with Gasteiger partial charge in [0, 0.05) is 44.2 Å². The van der Waals surface area contributed by atoms with Crippen LogP contribution in [0.25, 0.3) is 156 Å². The van der Waals surface area contributed by atoms with E-state index in [1.165, 1.54) is 93.9 Å². The van der Waals surface area contributed by atoms with Crippen molar-refractivity contribution in [1.82, 2.24) is 19.9 Å². The Kier molecular flexibility index (Phi) is 14.9. The lowest BCUT2D eigenvalue weighted by atomic mass is 9.79. The minimum absolute atomic E-state index is 0.0950. The minimum Gasteiger partial charge on any atom is -0.228 e. The average Bonchev–Trinajstić information content (AvgIpc) is 1.57. The van der Waals surface area contributed by atoms with Crippen molar-refractivity contribution < 1.29 is 0 Å². The summed E-state index contributed by atoms with van der Waals surface area (Å²) in [7, 11) is 0. The standard InChI is InChI=1S/2C47H34N2/c1-47(2)42-29-37(24-25-40(42)41-26-23-31-13-9-10-22-39(31)45(41)47)35-19-11-18-34(27-35)36-20-12-21-38(28-36)44-30-43(32-14-5-3-6-15-32)48-46(49-44)33-16-7-4-8-17-33;1-47(2)42-29-37(24-25-40(42)41-26-23-31-13-9-10-22-39(31)45(41)47)35-19-11-18-34(27-35)36-20-12-21-38(28-36)46-48-43(32-14-5-3-6-15-32)30-44(49-46)33-16-7-4-8-17-33/h2*3-30H,1-2H3. The molecule has 14 aromatic carbocycles. The summed E-state index contributed by atoms with van der Waals surface area (Å²) in [5, 5.41) is 5.29. The number of hydrogen-bond acceptors (Lipinski definition) is 4. The van der Waals surface area contributed by atoms with Gasteiger partial charge in [-0.25, -0.2) is 19.9 Å². The van der Waals surface area contributed by atoms with E-state index in [4.69, 9.17) is 19.9 Å². The SMILES string of the molecule is CC1(C)c2cc(-c3cccc(-c4cccc(-c5cc(-c6ccccc6)nc(-c6ccccc6)n5)c4)c3)ccc2-c2ccc3ccccc3c21.CC1(C)c2cc(-c3cccc(-c4cccc(-c5nc(-c6ccccc6)cc(-c6ccccc6)n5)c4)c3)ccc2-c2ccc3ccccc3c21. The van der Waals surface area contributed by atoms with E-state index in [2.05, 4.69) is 331 Å². The number of benzene rings is 14. The Morgan fingerprint density at radius 2 is 0.469 bits per heavy atom. The van der Waals surface area contributed by atoms with E-state index in [1.54, 1.807) is 0 Å². The first kappa shape index (κ1) is 59.5. The Balaban J connectivity index is 0.000000147. The maximum atomic E-state index is 5.07. The summed E-state index contributed by atoms with van der Waals surface area (Å²) in [5.41, 5.74) is 30.2. The van der Waals surface area contributed by atoms with Gasteiger partial charge in [-0.15, -0.1) is 0 Å². The lowest BCUT2D eigenvalue weighted by Crippen LogP contribution is -2.15. The second-order valence-corrected chi connectivity index (χ2v) is 26.9. The van der Waals surface area contributed by atoms with E-state index >= 15 is 0 Å². The summed E-state index contributed by atoms with van der Waals surface area (Å²) in [6.07, 6.45) is 0. The van der Waals surface area contributed by atoms with Gasteiger partial charge in [0.25, 0.3) is 0 Å². The van der Waals surface area contributed by atoms with Crippen LogP contribution in [0, 0.1) is 0 Å². The number of hydrogen-bond donors (Lipinski definition) is 0. The van der Waals surface area contributed by atoms with E-state index < -0.39 is 0 Å². The molecule has 464 valence electrons. The van der Waals surface area contributed by atoms with Gasteiger partial charge in [-0.3, -0.25) is 0 Å². The molecule has 0 unspecified atom stereocenters. The molecule has 18 rings (SSSR count). The summed E-state index contributed by atoms with van der Waals surface area (Å²) < 4.78 is 0. The molecule has 0 bridgehead atoms. The van der Waals surface area contributed by atoms with Crippen LogP contribution in [0.4, 0.5) is 0 Å². The zero-order valence-corrected chi connectivity index (χ0v) is 55.1. The molecule has 0 saturated heterocycles. The Morgan fingerprint density at radius 1 is 0.194 bits per heavy atom. The first-order valence-corrected chi connectivity index (χ1v) is 33.8. The van der Waals surface area contributed by atoms with Gasteiger partial charge < -0.3 is 0 Å². The molecule has 16 aromatic rings. The van der Waals surface area contributed by atoms with Crippen LogP contribution in [0.15, 0.2) is 340 Å². The summed E-state index contributed by atoms with van der Waals surface area (Å²) in [4.78, 5) is 20.2. The summed E-state index contributed by atoms with van der Waals surface area (Å²) in [5.74, 6) is 1.44. The van der Waals surface area contributed by atoms with Gasteiger partial charge in [-0.05, 0) is 159 Å². The van der Waals surface area contributed by atoms with Crippen molar-refractivity contribution in [3.8, 4) is 135 Å². The summed E-state index contributed by atoms with van der Waals surface area (Å²) in [6, 6.07) is 121. The van der Waals surface area contributed by atoms with E-state index in [0.717, 1.165) is 78.7 Å². The van der Waals surface area contributed by atoms with E-state index in [0.29, 0.717) is 5.82 Å². The fraction of sp³-hybridized carbons (Fsp3) is 0.0638. The topological polar surface area (TPSA) is 51.6 Å². The van der Waals surface area contributed by atoms with Crippen molar-refractivity contribution in [2.24, 2.45) is 0 Å². The maximum Gasteiger partial charge on any atom is 0.160 e. The molecule has 0 radical (unpaired) electrons. The molecule has 98 heavy (non-hydrogen) atoms. The van der Waals surface area contributed by atoms with Gasteiger partial charge in [-0.1, -0.05) is 319 Å². The van der Waals surface area contributed by atoms with E-state index in [-0.39, 0.29) is 10.8 Å². The molecule has 2 aromatic heterocycles. The molecule has 4 heteroatoms. The first-order chi connectivity index (χ1) is 48.1. The van der Waals surface area contributed by atoms with Crippen LogP contribution < -0.4 is 0 Å². The largest absolute Gasteiger partial charge is 0.228 e. The second-order valence-electron chi connectivity index (χ2n) is 26.9. The van der Waals surface area contributed by atoms with Crippen LogP contribution in [-0.2, 0) is 10.8 Å². The van der Waals surface area contributed by atoms with Gasteiger partial charge in [-0.2, -0.15) is 0 Å². The molecule has 0 atom stereocenters. The highest BCUT2D eigenvalue weighted by molar-refractivity contribution is 6.00. The smallest absolute Gasteiger partial charge is 0.160 e. The van der Waals surface area contributed by atoms with Crippen molar-refractivity contribution in [1.29, 1.82) is 0 Å². The molecule has 0 spiro atoms. The Labute approximate surface area is 573 Å². The van der Waals surface area contributed by atoms with Crippen LogP contribution in [0.3, 0.4) is 0 Å². The molecule has 0 saturated carbocycles. The van der Waals surface area contributed by atoms with Crippen LogP contribution in [0.2, 0.25) is 0 Å². The summed E-state index contributed by atoms with van der Waals surface area (Å²) in [6.45, 7) is 9.48. The lowest BCUT2D eigenvalue weighted by Gasteiger charge is -2.23. The van der Waals surface area contributed by atoms with Gasteiger partial charge in [0.1, 0.15) is 0 Å². The van der Waals surface area contributed by atoms with Crippen LogP contribution >= 0.6 is 0 Å². The zero-order valence-electron chi connectivity index (χ0n) is 55.1. The third-order valence-electron chi connectivity index (χ3n) is 20.1. The van der Waals surface area contributed by atoms with Gasteiger partial charge in [0.2, 0.25) is 0 Å². The van der Waals surface area contributed by atoms with Gasteiger partial charge in [0.05, 0.1) is 22.8 Å². The zero-order chi connectivity index (χ0) is 65.9. The highest BCUT2D eigenvalue weighted by Crippen LogP contribution is 2.54. The average molecular weight is 1250 g/mol. The monoisotopic (exact) mass is 1250 g/mol. The lowest BCUT2D eigenvalue weighted by molar-refractivity contribution is 0.666. The molecular weight excluding hydrogens is 1190 g/mol. The molecule has 2 aliphatic rings. The van der Waals surface area contributed by atoms with Crippen LogP contribution in [-0.4, -0.2) is 19.9 Å². The number of rotatable bonds is 10. The van der Waals surface area contributed by atoms with Crippen molar-refractivity contribution in [2.45, 2.75) is 38.5 Å². The predicted molar refractivity (Wildman–Crippen MR) is 409 cm³/mol. The fourth-order valence-electron chi connectivity index (χ4n) is 15.2. The Hall–Kier alpha value is -12.2. The van der Waals surface area contributed by atoms with Crippen molar-refractivity contribution in [3.05, 3.63) is 362 Å². The molecule has 0 aliphatic heterocycles. The molecule has 0 fully saturated rings. The molecule has 0 N–H and O–H groups in total. The molecule has 2 heterocycles. The molecule has 2 aliphatic carbocycles. The predicted octanol–water partition coefficient (Wildman–Crippen LogP) is 24.5. The third-order valence-corrected chi connectivity index (χ3v) is 20.1. The Morgan fingerprint density at radius 3 is 0.867 bits per heavy atom. The number of aromatic nitrogens is 4. The van der Waals surface area contributed by atoms with E-state index in [1.807, 2.05) is 36.4 Å². The normalized spacial score (nSPS) is 12.9. The highest BCUT2D eigenvalue weighted by atomic mass is 14.9.